The van der Waals surface area contributed by atoms with Crippen LogP contribution in [0.1, 0.15) is 52.4 Å². The average molecular weight is 615 g/mol. The molecule has 1 atom stereocenters. The molecule has 1 N–H and O–H groups in total. The van der Waals surface area contributed by atoms with E-state index in [1.54, 1.807) is 13.8 Å². The molecule has 0 rings (SSSR count). The number of nitrogens with zero attached hydrogens (tertiary/aromatic N) is 1. The zero-order valence-corrected chi connectivity index (χ0v) is 21.4. The highest BCUT2D eigenvalue weighted by molar-refractivity contribution is 7.87. The van der Waals surface area contributed by atoms with E-state index in [4.69, 9.17) is 4.55 Å². The van der Waals surface area contributed by atoms with Gasteiger partial charge in [-0.1, -0.05) is 33.3 Å². The molecule has 0 saturated carbocycles. The van der Waals surface area contributed by atoms with E-state index in [2.05, 4.69) is 16.1 Å². The van der Waals surface area contributed by atoms with E-state index >= 15 is 0 Å². The standard InChI is InChI=1S/C20H27F10NO7S/c1-4-6-10-31(11-7-5-2)15(33)17(19(26,27)28,38-14(32)13(3)18(23,24)25)37-12-8-9-16(21,22)20(29,30)39(34,35)36/h3-12H2,1-2H3,(H,34,35,36). The second kappa shape index (κ2) is 13.5. The van der Waals surface area contributed by atoms with Crippen molar-refractivity contribution in [1.29, 1.82) is 0 Å². The van der Waals surface area contributed by atoms with Gasteiger partial charge in [0, 0.05) is 19.5 Å². The number of unbranched alkanes of at least 4 members (excludes halogenated alkanes) is 2. The highest BCUT2D eigenvalue weighted by atomic mass is 32.2. The molecule has 19 heteroatoms. The Morgan fingerprint density at radius 1 is 0.872 bits per heavy atom. The molecule has 0 aromatic carbocycles. The Bertz CT molecular complexity index is 959. The number of ether oxygens (including phenoxy) is 2. The van der Waals surface area contributed by atoms with Crippen LogP contribution in [0.3, 0.4) is 0 Å². The number of rotatable bonds is 16. The molecule has 1 amide bonds. The normalized spacial score (nSPS) is 15.0. The maximum atomic E-state index is 14.2. The molecule has 0 aromatic rings. The average Bonchev–Trinajstić information content (AvgIpc) is 2.77. The maximum Gasteiger partial charge on any atom is 0.466 e. The van der Waals surface area contributed by atoms with E-state index in [9.17, 15) is 61.9 Å². The molecule has 0 aromatic heterocycles. The molecule has 0 radical (unpaired) electrons. The molecule has 0 fully saturated rings. The molecule has 39 heavy (non-hydrogen) atoms. The molecular formula is C20H27F10NO7S. The molecule has 0 spiro atoms. The molecule has 8 nitrogen and oxygen atoms in total. The van der Waals surface area contributed by atoms with Crippen LogP contribution in [0.25, 0.3) is 0 Å². The van der Waals surface area contributed by atoms with E-state index in [-0.39, 0.29) is 12.8 Å². The van der Waals surface area contributed by atoms with Crippen LogP contribution in [0, 0.1) is 0 Å². The fourth-order valence-corrected chi connectivity index (χ4v) is 3.25. The van der Waals surface area contributed by atoms with Crippen molar-refractivity contribution in [3.63, 3.8) is 0 Å². The van der Waals surface area contributed by atoms with Crippen LogP contribution in [-0.4, -0.2) is 78.8 Å². The Kier molecular flexibility index (Phi) is 12.7. The fraction of sp³-hybridized carbons (Fsp3) is 0.800. The number of alkyl halides is 10. The lowest BCUT2D eigenvalue weighted by Crippen LogP contribution is -2.63. The summed E-state index contributed by atoms with van der Waals surface area (Å²) in [6.45, 7) is 2.79. The highest BCUT2D eigenvalue weighted by Gasteiger charge is 2.68. The van der Waals surface area contributed by atoms with E-state index in [1.165, 1.54) is 0 Å². The van der Waals surface area contributed by atoms with Gasteiger partial charge in [-0.3, -0.25) is 9.35 Å². The van der Waals surface area contributed by atoms with Crippen molar-refractivity contribution in [2.75, 3.05) is 19.7 Å². The van der Waals surface area contributed by atoms with Gasteiger partial charge in [0.15, 0.2) is 0 Å². The summed E-state index contributed by atoms with van der Waals surface area (Å²) in [5.41, 5.74) is -2.49. The molecular weight excluding hydrogens is 588 g/mol. The smallest absolute Gasteiger partial charge is 0.412 e. The number of carbonyl (C=O) groups is 2. The van der Waals surface area contributed by atoms with Crippen LogP contribution < -0.4 is 0 Å². The summed E-state index contributed by atoms with van der Waals surface area (Å²) in [6, 6.07) is 0. The van der Waals surface area contributed by atoms with E-state index in [0.717, 1.165) is 0 Å². The van der Waals surface area contributed by atoms with E-state index in [1.807, 2.05) is 0 Å². The van der Waals surface area contributed by atoms with Crippen molar-refractivity contribution in [3.05, 3.63) is 12.2 Å². The number of amides is 1. The van der Waals surface area contributed by atoms with Gasteiger partial charge >= 0.3 is 51.3 Å². The monoisotopic (exact) mass is 615 g/mol. The quantitative estimate of drug-likeness (QED) is 0.0631. The Balaban J connectivity index is 6.44. The minimum Gasteiger partial charge on any atom is -0.412 e. The molecule has 0 bridgehead atoms. The topological polar surface area (TPSA) is 110 Å². The number of carbonyl (C=O) groups excluding carboxylic acids is 2. The molecule has 0 aliphatic rings. The van der Waals surface area contributed by atoms with Crippen molar-refractivity contribution in [2.45, 2.75) is 81.7 Å². The second-order valence-electron chi connectivity index (χ2n) is 8.13. The van der Waals surface area contributed by atoms with Gasteiger partial charge < -0.3 is 14.4 Å². The van der Waals surface area contributed by atoms with Crippen LogP contribution in [0.4, 0.5) is 43.9 Å². The summed E-state index contributed by atoms with van der Waals surface area (Å²) < 4.78 is 173. The zero-order chi connectivity index (χ0) is 31.1. The lowest BCUT2D eigenvalue weighted by Gasteiger charge is -2.37. The van der Waals surface area contributed by atoms with Gasteiger partial charge in [-0.25, -0.2) is 4.79 Å². The predicted octanol–water partition coefficient (Wildman–Crippen LogP) is 5.25. The lowest BCUT2D eigenvalue weighted by atomic mass is 10.1. The van der Waals surface area contributed by atoms with E-state index < -0.39 is 89.4 Å². The van der Waals surface area contributed by atoms with Crippen LogP contribution >= 0.6 is 0 Å². The third-order valence-electron chi connectivity index (χ3n) is 5.02. The molecule has 0 saturated heterocycles. The minimum absolute atomic E-state index is 0.0730. The van der Waals surface area contributed by atoms with Crippen molar-refractivity contribution < 1.29 is 75.9 Å². The largest absolute Gasteiger partial charge is 0.466 e. The molecule has 0 aliphatic carbocycles. The number of hydrogen-bond acceptors (Lipinski definition) is 6. The van der Waals surface area contributed by atoms with Crippen LogP contribution in [0.5, 0.6) is 0 Å². The second-order valence-corrected chi connectivity index (χ2v) is 9.59. The first-order chi connectivity index (χ1) is 17.4. The van der Waals surface area contributed by atoms with Crippen molar-refractivity contribution in [1.82, 2.24) is 4.90 Å². The molecule has 230 valence electrons. The summed E-state index contributed by atoms with van der Waals surface area (Å²) in [6.07, 6.45) is -14.8. The minimum atomic E-state index is -6.68. The van der Waals surface area contributed by atoms with Gasteiger partial charge in [0.2, 0.25) is 0 Å². The SMILES string of the molecule is C=C(C(=O)OC(OCCCC(F)(F)C(F)(F)S(=O)(=O)O)(C(=O)N(CCCC)CCCC)C(F)(F)F)C(F)(F)F. The Labute approximate surface area is 217 Å². The molecule has 0 aliphatic heterocycles. The Morgan fingerprint density at radius 3 is 1.69 bits per heavy atom. The summed E-state index contributed by atoms with van der Waals surface area (Å²) in [7, 11) is -6.68. The number of halogens is 10. The van der Waals surface area contributed by atoms with Gasteiger partial charge in [-0.15, -0.1) is 0 Å². The number of esters is 1. The predicted molar refractivity (Wildman–Crippen MR) is 113 cm³/mol. The zero-order valence-electron chi connectivity index (χ0n) is 20.6. The van der Waals surface area contributed by atoms with Crippen LogP contribution in [0.2, 0.25) is 0 Å². The van der Waals surface area contributed by atoms with Crippen molar-refractivity contribution in [2.24, 2.45) is 0 Å². The van der Waals surface area contributed by atoms with Crippen LogP contribution in [-0.2, 0) is 29.2 Å². The third-order valence-corrected chi connectivity index (χ3v) is 5.97. The third kappa shape index (κ3) is 9.19. The van der Waals surface area contributed by atoms with Gasteiger partial charge in [-0.05, 0) is 19.3 Å². The fourth-order valence-electron chi connectivity index (χ4n) is 2.77. The van der Waals surface area contributed by atoms with Gasteiger partial charge in [0.05, 0.1) is 6.61 Å². The Morgan fingerprint density at radius 2 is 1.33 bits per heavy atom. The van der Waals surface area contributed by atoms with Gasteiger partial charge in [-0.2, -0.15) is 52.3 Å². The van der Waals surface area contributed by atoms with Crippen molar-refractivity contribution >= 4 is 22.0 Å². The Hall–Kier alpha value is -2.15. The van der Waals surface area contributed by atoms with Crippen molar-refractivity contribution in [3.8, 4) is 0 Å². The van der Waals surface area contributed by atoms with Gasteiger partial charge in [0.25, 0.3) is 0 Å². The highest BCUT2D eigenvalue weighted by Crippen LogP contribution is 2.42. The summed E-state index contributed by atoms with van der Waals surface area (Å²) in [4.78, 5) is 25.4. The summed E-state index contributed by atoms with van der Waals surface area (Å²) in [5, 5.41) is -6.08. The first kappa shape index (κ1) is 36.8. The number of hydrogen-bond donors (Lipinski definition) is 1. The van der Waals surface area contributed by atoms with Crippen LogP contribution in [0.15, 0.2) is 12.2 Å². The summed E-state index contributed by atoms with van der Waals surface area (Å²) in [5.74, 6) is -15.4. The molecule has 0 heterocycles. The first-order valence-corrected chi connectivity index (χ1v) is 12.6. The summed E-state index contributed by atoms with van der Waals surface area (Å²) >= 11 is 0. The van der Waals surface area contributed by atoms with Gasteiger partial charge in [0.1, 0.15) is 5.57 Å². The first-order valence-electron chi connectivity index (χ1n) is 11.1. The van der Waals surface area contributed by atoms with E-state index in [0.29, 0.717) is 17.7 Å². The lowest BCUT2D eigenvalue weighted by molar-refractivity contribution is -0.351. The maximum absolute atomic E-state index is 14.2. The molecule has 1 unspecified atom stereocenters.